The molecule has 0 bridgehead atoms. The van der Waals surface area contributed by atoms with Gasteiger partial charge in [0.2, 0.25) is 0 Å². The van der Waals surface area contributed by atoms with Crippen LogP contribution in [0.1, 0.15) is 49.8 Å². The number of carbonyl (C=O) groups excluding carboxylic acids is 2. The molecule has 0 spiro atoms. The van der Waals surface area contributed by atoms with Gasteiger partial charge in [-0.1, -0.05) is 30.7 Å². The number of amides is 2. The van der Waals surface area contributed by atoms with Crippen LogP contribution < -0.4 is 5.32 Å². The lowest BCUT2D eigenvalue weighted by molar-refractivity contribution is 0.0744. The van der Waals surface area contributed by atoms with E-state index in [9.17, 15) is 9.59 Å². The Balaban J connectivity index is 1.43. The summed E-state index contributed by atoms with van der Waals surface area (Å²) in [7, 11) is 0. The lowest BCUT2D eigenvalue weighted by atomic mass is 10.2. The maximum Gasteiger partial charge on any atom is 0.275 e. The van der Waals surface area contributed by atoms with Crippen molar-refractivity contribution in [3.8, 4) is 0 Å². The van der Waals surface area contributed by atoms with Crippen LogP contribution in [-0.2, 0) is 13.1 Å². The Hall–Kier alpha value is -3.23. The summed E-state index contributed by atoms with van der Waals surface area (Å²) in [6.45, 7) is 5.87. The number of aromatic nitrogens is 2. The van der Waals surface area contributed by atoms with E-state index in [2.05, 4.69) is 21.8 Å². The average Bonchev–Trinajstić information content (AvgIpc) is 3.58. The molecule has 0 aliphatic heterocycles. The Labute approximate surface area is 201 Å². The first-order valence-electron chi connectivity index (χ1n) is 10.8. The third kappa shape index (κ3) is 5.77. The largest absolute Gasteiger partial charge is 0.343 e. The molecule has 0 fully saturated rings. The van der Waals surface area contributed by atoms with Gasteiger partial charge in [-0.2, -0.15) is 0 Å². The van der Waals surface area contributed by atoms with Crippen LogP contribution in [0, 0.1) is 6.92 Å². The van der Waals surface area contributed by atoms with E-state index in [1.165, 1.54) is 22.7 Å². The third-order valence-corrected chi connectivity index (χ3v) is 6.88. The van der Waals surface area contributed by atoms with Gasteiger partial charge in [0.15, 0.2) is 0 Å². The van der Waals surface area contributed by atoms with Crippen molar-refractivity contribution in [3.63, 3.8) is 0 Å². The molecule has 0 radical (unpaired) electrons. The minimum absolute atomic E-state index is 0.0592. The number of nitrogens with zero attached hydrogens (tertiary/aromatic N) is 3. The van der Waals surface area contributed by atoms with Crippen molar-refractivity contribution in [2.24, 2.45) is 0 Å². The van der Waals surface area contributed by atoms with E-state index >= 15 is 0 Å². The van der Waals surface area contributed by atoms with E-state index in [0.29, 0.717) is 25.3 Å². The molecule has 3 aromatic heterocycles. The lowest BCUT2D eigenvalue weighted by Gasteiger charge is -2.22. The molecule has 1 aromatic carbocycles. The Kier molecular flexibility index (Phi) is 7.36. The quantitative estimate of drug-likeness (QED) is 0.337. The molecule has 0 aliphatic rings. The molecule has 3 heterocycles. The van der Waals surface area contributed by atoms with E-state index in [0.717, 1.165) is 33.3 Å². The molecule has 170 valence electrons. The smallest absolute Gasteiger partial charge is 0.275 e. The van der Waals surface area contributed by atoms with Crippen molar-refractivity contribution in [2.45, 2.75) is 33.4 Å². The van der Waals surface area contributed by atoms with Crippen molar-refractivity contribution >= 4 is 40.2 Å². The zero-order valence-electron chi connectivity index (χ0n) is 18.7. The zero-order chi connectivity index (χ0) is 23.2. The second kappa shape index (κ2) is 10.6. The summed E-state index contributed by atoms with van der Waals surface area (Å²) >= 11 is 2.93. The van der Waals surface area contributed by atoms with E-state index in [1.807, 2.05) is 71.9 Å². The fraction of sp³-hybridized carbons (Fsp3) is 0.240. The number of hydrogen-bond donors (Lipinski definition) is 1. The molecule has 33 heavy (non-hydrogen) atoms. The van der Waals surface area contributed by atoms with Gasteiger partial charge in [0.05, 0.1) is 18.0 Å². The van der Waals surface area contributed by atoms with Crippen molar-refractivity contribution in [1.82, 2.24) is 14.5 Å². The van der Waals surface area contributed by atoms with E-state index in [1.54, 1.807) is 5.38 Å². The highest BCUT2D eigenvalue weighted by Crippen LogP contribution is 2.19. The monoisotopic (exact) mass is 478 g/mol. The minimum Gasteiger partial charge on any atom is -0.343 e. The summed E-state index contributed by atoms with van der Waals surface area (Å²) in [5, 5.41) is 7.44. The van der Waals surface area contributed by atoms with Gasteiger partial charge in [0, 0.05) is 29.5 Å². The number of anilines is 1. The SMILES string of the molecule is CCCN(Cc1cccn1Cc1nc(C(=O)Nc2ccc(C)cc2)cs1)C(=O)c1cccs1. The molecule has 6 nitrogen and oxygen atoms in total. The number of thiophene rings is 1. The first-order valence-corrected chi connectivity index (χ1v) is 12.6. The van der Waals surface area contributed by atoms with Crippen LogP contribution in [-0.4, -0.2) is 32.8 Å². The lowest BCUT2D eigenvalue weighted by Crippen LogP contribution is -2.31. The van der Waals surface area contributed by atoms with Gasteiger partial charge >= 0.3 is 0 Å². The summed E-state index contributed by atoms with van der Waals surface area (Å²) in [5.74, 6) is -0.159. The molecule has 0 saturated carbocycles. The van der Waals surface area contributed by atoms with Crippen LogP contribution in [0.25, 0.3) is 0 Å². The Morgan fingerprint density at radius 1 is 1.09 bits per heavy atom. The standard InChI is InChI=1S/C25H26N4O2S2/c1-3-12-29(25(31)22-7-5-14-32-22)15-20-6-4-13-28(20)16-23-27-21(17-33-23)24(30)26-19-10-8-18(2)9-11-19/h4-11,13-14,17H,3,12,15-16H2,1-2H3,(H,26,30). The molecule has 0 atom stereocenters. The van der Waals surface area contributed by atoms with Crippen LogP contribution in [0.15, 0.2) is 65.5 Å². The Bertz CT molecular complexity index is 1210. The number of benzene rings is 1. The van der Waals surface area contributed by atoms with Crippen molar-refractivity contribution in [1.29, 1.82) is 0 Å². The first-order chi connectivity index (χ1) is 16.0. The number of nitrogens with one attached hydrogen (secondary N) is 1. The predicted molar refractivity (Wildman–Crippen MR) is 134 cm³/mol. The van der Waals surface area contributed by atoms with Gasteiger partial charge in [-0.05, 0) is 49.1 Å². The summed E-state index contributed by atoms with van der Waals surface area (Å²) in [6, 6.07) is 15.5. The van der Waals surface area contributed by atoms with Crippen molar-refractivity contribution < 1.29 is 9.59 Å². The Morgan fingerprint density at radius 3 is 2.64 bits per heavy atom. The molecular weight excluding hydrogens is 452 g/mol. The summed E-state index contributed by atoms with van der Waals surface area (Å²) in [5.41, 5.74) is 3.33. The van der Waals surface area contributed by atoms with E-state index in [4.69, 9.17) is 0 Å². The van der Waals surface area contributed by atoms with Crippen LogP contribution in [0.2, 0.25) is 0 Å². The van der Waals surface area contributed by atoms with Crippen molar-refractivity contribution in [3.05, 3.63) is 92.3 Å². The van der Waals surface area contributed by atoms with Gasteiger partial charge < -0.3 is 14.8 Å². The first kappa shape index (κ1) is 22.9. The summed E-state index contributed by atoms with van der Waals surface area (Å²) < 4.78 is 2.09. The second-order valence-corrected chi connectivity index (χ2v) is 9.67. The normalized spacial score (nSPS) is 10.8. The molecule has 0 unspecified atom stereocenters. The maximum absolute atomic E-state index is 12.9. The molecule has 0 saturated heterocycles. The fourth-order valence-corrected chi connectivity index (χ4v) is 4.95. The van der Waals surface area contributed by atoms with Gasteiger partial charge in [-0.3, -0.25) is 9.59 Å². The highest BCUT2D eigenvalue weighted by Gasteiger charge is 2.18. The highest BCUT2D eigenvalue weighted by molar-refractivity contribution is 7.12. The Morgan fingerprint density at radius 2 is 1.91 bits per heavy atom. The molecule has 4 aromatic rings. The van der Waals surface area contributed by atoms with Crippen LogP contribution in [0.4, 0.5) is 5.69 Å². The predicted octanol–water partition coefficient (Wildman–Crippen LogP) is 5.67. The van der Waals surface area contributed by atoms with Gasteiger partial charge in [0.1, 0.15) is 10.7 Å². The van der Waals surface area contributed by atoms with Crippen LogP contribution >= 0.6 is 22.7 Å². The molecule has 0 aliphatic carbocycles. The summed E-state index contributed by atoms with van der Waals surface area (Å²) in [4.78, 5) is 32.7. The van der Waals surface area contributed by atoms with E-state index < -0.39 is 0 Å². The van der Waals surface area contributed by atoms with Crippen LogP contribution in [0.3, 0.4) is 0 Å². The number of carbonyl (C=O) groups is 2. The second-order valence-electron chi connectivity index (χ2n) is 7.78. The minimum atomic E-state index is -0.218. The number of rotatable bonds is 9. The average molecular weight is 479 g/mol. The zero-order valence-corrected chi connectivity index (χ0v) is 20.3. The molecule has 2 amide bonds. The topological polar surface area (TPSA) is 67.2 Å². The third-order valence-electron chi connectivity index (χ3n) is 5.19. The van der Waals surface area contributed by atoms with Gasteiger partial charge in [-0.25, -0.2) is 4.98 Å². The molecular formula is C25H26N4O2S2. The molecule has 8 heteroatoms. The number of aryl methyl sites for hydroxylation is 1. The van der Waals surface area contributed by atoms with Gasteiger partial charge in [-0.15, -0.1) is 22.7 Å². The summed E-state index contributed by atoms with van der Waals surface area (Å²) in [6.07, 6.45) is 2.88. The number of hydrogen-bond acceptors (Lipinski definition) is 5. The van der Waals surface area contributed by atoms with E-state index in [-0.39, 0.29) is 11.8 Å². The van der Waals surface area contributed by atoms with Crippen molar-refractivity contribution in [2.75, 3.05) is 11.9 Å². The maximum atomic E-state index is 12.9. The molecule has 1 N–H and O–H groups in total. The number of thiazole rings is 1. The van der Waals surface area contributed by atoms with Gasteiger partial charge in [0.25, 0.3) is 11.8 Å². The van der Waals surface area contributed by atoms with Crippen LogP contribution in [0.5, 0.6) is 0 Å². The molecule has 4 rings (SSSR count). The fourth-order valence-electron chi connectivity index (χ4n) is 3.49. The highest BCUT2D eigenvalue weighted by atomic mass is 32.1.